The molecule has 0 aliphatic heterocycles. The van der Waals surface area contributed by atoms with Gasteiger partial charge in [-0.2, -0.15) is 0 Å². The lowest BCUT2D eigenvalue weighted by molar-refractivity contribution is 0.0780. The van der Waals surface area contributed by atoms with E-state index in [1.54, 1.807) is 72.9 Å². The molecule has 0 aliphatic carbocycles. The highest BCUT2D eigenvalue weighted by molar-refractivity contribution is 6.30. The Kier molecular flexibility index (Phi) is 5.44. The summed E-state index contributed by atoms with van der Waals surface area (Å²) in [7, 11) is 1.71. The number of amides is 1. The van der Waals surface area contributed by atoms with E-state index in [9.17, 15) is 9.59 Å². The Morgan fingerprint density at radius 2 is 1.65 bits per heavy atom. The van der Waals surface area contributed by atoms with E-state index in [1.165, 1.54) is 0 Å². The van der Waals surface area contributed by atoms with Crippen LogP contribution in [-0.4, -0.2) is 28.6 Å². The van der Waals surface area contributed by atoms with Gasteiger partial charge in [0.2, 0.25) is 0 Å². The summed E-state index contributed by atoms with van der Waals surface area (Å²) in [6.45, 7) is 0.413. The summed E-state index contributed by atoms with van der Waals surface area (Å²) in [6, 6.07) is 17.2. The molecule has 0 bridgehead atoms. The monoisotopic (exact) mass is 364 g/mol. The van der Waals surface area contributed by atoms with Crippen molar-refractivity contribution in [2.45, 2.75) is 6.54 Å². The molecule has 1 aromatic heterocycles. The second-order valence-corrected chi connectivity index (χ2v) is 6.34. The van der Waals surface area contributed by atoms with E-state index < -0.39 is 0 Å². The van der Waals surface area contributed by atoms with E-state index in [2.05, 4.69) is 4.98 Å². The van der Waals surface area contributed by atoms with Crippen LogP contribution in [0.4, 0.5) is 0 Å². The smallest absolute Gasteiger partial charge is 0.254 e. The Morgan fingerprint density at radius 1 is 0.962 bits per heavy atom. The summed E-state index contributed by atoms with van der Waals surface area (Å²) >= 11 is 5.89. The van der Waals surface area contributed by atoms with Gasteiger partial charge in [-0.15, -0.1) is 0 Å². The van der Waals surface area contributed by atoms with Crippen LogP contribution in [0.1, 0.15) is 31.8 Å². The fourth-order valence-electron chi connectivity index (χ4n) is 2.67. The first-order valence-electron chi connectivity index (χ1n) is 8.10. The van der Waals surface area contributed by atoms with Crippen LogP contribution in [-0.2, 0) is 6.54 Å². The number of nitrogens with zero attached hydrogens (tertiary/aromatic N) is 2. The number of benzene rings is 2. The zero-order valence-electron chi connectivity index (χ0n) is 14.2. The Bertz CT molecular complexity index is 924. The molecule has 130 valence electrons. The third kappa shape index (κ3) is 3.98. The summed E-state index contributed by atoms with van der Waals surface area (Å²) in [5.41, 5.74) is 2.16. The topological polar surface area (TPSA) is 50.3 Å². The van der Waals surface area contributed by atoms with Gasteiger partial charge in [-0.1, -0.05) is 35.9 Å². The molecule has 0 fully saturated rings. The highest BCUT2D eigenvalue weighted by Gasteiger charge is 2.20. The van der Waals surface area contributed by atoms with Gasteiger partial charge >= 0.3 is 0 Å². The average Bonchev–Trinajstić information content (AvgIpc) is 2.68. The first-order chi connectivity index (χ1) is 12.6. The summed E-state index contributed by atoms with van der Waals surface area (Å²) in [6.07, 6.45) is 3.40. The third-order valence-electron chi connectivity index (χ3n) is 4.00. The Morgan fingerprint density at radius 3 is 2.31 bits per heavy atom. The van der Waals surface area contributed by atoms with E-state index in [1.807, 2.05) is 12.1 Å². The molecule has 0 atom stereocenters. The largest absolute Gasteiger partial charge is 0.337 e. The first kappa shape index (κ1) is 17.8. The maximum absolute atomic E-state index is 12.9. The Hall–Kier alpha value is -2.98. The predicted molar refractivity (Wildman–Crippen MR) is 101 cm³/mol. The highest BCUT2D eigenvalue weighted by atomic mass is 35.5. The molecule has 0 unspecified atom stereocenters. The second-order valence-electron chi connectivity index (χ2n) is 5.90. The van der Waals surface area contributed by atoms with Crippen molar-refractivity contribution in [3.8, 4) is 0 Å². The predicted octanol–water partition coefficient (Wildman–Crippen LogP) is 4.24. The molecule has 1 heterocycles. The zero-order chi connectivity index (χ0) is 18.5. The summed E-state index contributed by atoms with van der Waals surface area (Å²) in [5.74, 6) is -0.424. The van der Waals surface area contributed by atoms with E-state index >= 15 is 0 Å². The lowest BCUT2D eigenvalue weighted by atomic mass is 9.97. The maximum atomic E-state index is 12.9. The van der Waals surface area contributed by atoms with Crippen LogP contribution in [0.2, 0.25) is 5.02 Å². The van der Waals surface area contributed by atoms with Crippen LogP contribution in [0.25, 0.3) is 0 Å². The number of hydrogen-bond acceptors (Lipinski definition) is 3. The molecule has 0 aliphatic rings. The lowest BCUT2D eigenvalue weighted by Crippen LogP contribution is -2.28. The summed E-state index contributed by atoms with van der Waals surface area (Å²) in [4.78, 5) is 31.4. The van der Waals surface area contributed by atoms with Crippen molar-refractivity contribution >= 4 is 23.3 Å². The van der Waals surface area contributed by atoms with Gasteiger partial charge in [0.25, 0.3) is 5.91 Å². The third-order valence-corrected chi connectivity index (χ3v) is 4.25. The fraction of sp³-hybridized carbons (Fsp3) is 0.0952. The van der Waals surface area contributed by atoms with E-state index in [0.717, 1.165) is 5.56 Å². The molecule has 26 heavy (non-hydrogen) atoms. The van der Waals surface area contributed by atoms with E-state index in [0.29, 0.717) is 28.3 Å². The van der Waals surface area contributed by atoms with Crippen molar-refractivity contribution in [3.05, 3.63) is 100 Å². The van der Waals surface area contributed by atoms with Crippen molar-refractivity contribution < 1.29 is 9.59 Å². The lowest BCUT2D eigenvalue weighted by Gasteiger charge is -2.19. The van der Waals surface area contributed by atoms with Crippen LogP contribution >= 0.6 is 11.6 Å². The number of hydrogen-bond donors (Lipinski definition) is 0. The number of rotatable bonds is 5. The van der Waals surface area contributed by atoms with Gasteiger partial charge < -0.3 is 4.90 Å². The molecule has 0 N–H and O–H groups in total. The van der Waals surface area contributed by atoms with Crippen molar-refractivity contribution in [1.82, 2.24) is 9.88 Å². The standard InChI is InChI=1S/C21H17ClN2O2/c1-24(14-15-5-4-12-23-13-15)21(26)19-7-3-2-6-18(19)20(25)16-8-10-17(22)11-9-16/h2-13H,14H2,1H3. The van der Waals surface area contributed by atoms with Gasteiger partial charge in [0.05, 0.1) is 5.56 Å². The molecule has 2 aromatic carbocycles. The molecule has 1 amide bonds. The number of carbonyl (C=O) groups is 2. The van der Waals surface area contributed by atoms with Crippen LogP contribution in [0.3, 0.4) is 0 Å². The van der Waals surface area contributed by atoms with Gasteiger partial charge in [-0.25, -0.2) is 0 Å². The van der Waals surface area contributed by atoms with E-state index in [4.69, 9.17) is 11.6 Å². The van der Waals surface area contributed by atoms with Crippen LogP contribution in [0, 0.1) is 0 Å². The number of carbonyl (C=O) groups excluding carboxylic acids is 2. The van der Waals surface area contributed by atoms with Gasteiger partial charge in [0, 0.05) is 42.1 Å². The Balaban J connectivity index is 1.87. The molecule has 0 radical (unpaired) electrons. The number of ketones is 1. The van der Waals surface area contributed by atoms with Gasteiger partial charge in [0.15, 0.2) is 5.78 Å². The van der Waals surface area contributed by atoms with Gasteiger partial charge in [-0.3, -0.25) is 14.6 Å². The zero-order valence-corrected chi connectivity index (χ0v) is 15.0. The fourth-order valence-corrected chi connectivity index (χ4v) is 2.79. The van der Waals surface area contributed by atoms with Crippen molar-refractivity contribution in [2.75, 3.05) is 7.05 Å². The van der Waals surface area contributed by atoms with Gasteiger partial charge in [0.1, 0.15) is 0 Å². The maximum Gasteiger partial charge on any atom is 0.254 e. The quantitative estimate of drug-likeness (QED) is 0.636. The minimum absolute atomic E-state index is 0.208. The number of pyridine rings is 1. The minimum Gasteiger partial charge on any atom is -0.337 e. The molecule has 3 rings (SSSR count). The van der Waals surface area contributed by atoms with Crippen LogP contribution in [0.15, 0.2) is 73.1 Å². The highest BCUT2D eigenvalue weighted by Crippen LogP contribution is 2.19. The number of aromatic nitrogens is 1. The SMILES string of the molecule is CN(Cc1cccnc1)C(=O)c1ccccc1C(=O)c1ccc(Cl)cc1. The second kappa shape index (κ2) is 7.93. The molecule has 0 saturated heterocycles. The molecule has 5 heteroatoms. The Labute approximate surface area is 157 Å². The number of halogens is 1. The molecule has 0 saturated carbocycles. The van der Waals surface area contributed by atoms with Crippen LogP contribution < -0.4 is 0 Å². The molecular formula is C21H17ClN2O2. The molecule has 0 spiro atoms. The molecule has 4 nitrogen and oxygen atoms in total. The van der Waals surface area contributed by atoms with Gasteiger partial charge in [-0.05, 0) is 42.0 Å². The molecule has 3 aromatic rings. The average molecular weight is 365 g/mol. The van der Waals surface area contributed by atoms with Crippen LogP contribution in [0.5, 0.6) is 0 Å². The van der Waals surface area contributed by atoms with Crippen molar-refractivity contribution in [1.29, 1.82) is 0 Å². The first-order valence-corrected chi connectivity index (χ1v) is 8.47. The van der Waals surface area contributed by atoms with Crippen molar-refractivity contribution in [2.24, 2.45) is 0 Å². The minimum atomic E-state index is -0.216. The molecular weight excluding hydrogens is 348 g/mol. The van der Waals surface area contributed by atoms with Crippen molar-refractivity contribution in [3.63, 3.8) is 0 Å². The summed E-state index contributed by atoms with van der Waals surface area (Å²) < 4.78 is 0. The van der Waals surface area contributed by atoms with E-state index in [-0.39, 0.29) is 11.7 Å². The normalized spacial score (nSPS) is 10.4. The summed E-state index contributed by atoms with van der Waals surface area (Å²) in [5, 5.41) is 0.558.